The number of carbonyl (C=O) groups is 3. The number of aromatic nitrogens is 1. The smallest absolute Gasteiger partial charge is 0.355 e. The molecule has 1 N–H and O–H groups in total. The van der Waals surface area contributed by atoms with Gasteiger partial charge in [-0.3, -0.25) is 4.79 Å². The van der Waals surface area contributed by atoms with Crippen LogP contribution in [-0.4, -0.2) is 53.0 Å². The molecule has 1 saturated heterocycles. The number of aromatic amines is 1. The highest BCUT2D eigenvalue weighted by Gasteiger charge is 2.27. The number of ether oxygens (including phenoxy) is 2. The molecule has 1 aliphatic heterocycles. The van der Waals surface area contributed by atoms with Crippen molar-refractivity contribution in [3.63, 3.8) is 0 Å². The second-order valence-electron chi connectivity index (χ2n) is 7.09. The van der Waals surface area contributed by atoms with E-state index in [-0.39, 0.29) is 30.4 Å². The maximum Gasteiger partial charge on any atom is 0.355 e. The van der Waals surface area contributed by atoms with Crippen molar-refractivity contribution in [2.75, 3.05) is 13.2 Å². The fourth-order valence-electron chi connectivity index (χ4n) is 3.28. The van der Waals surface area contributed by atoms with Crippen molar-refractivity contribution >= 4 is 17.8 Å². The number of aryl methyl sites for hydroxylation is 1. The predicted octanol–water partition coefficient (Wildman–Crippen LogP) is 2.75. The molecule has 26 heavy (non-hydrogen) atoms. The van der Waals surface area contributed by atoms with Crippen molar-refractivity contribution in [2.45, 2.75) is 66.0 Å². The van der Waals surface area contributed by atoms with Gasteiger partial charge in [-0.1, -0.05) is 0 Å². The molecule has 1 aliphatic rings. The van der Waals surface area contributed by atoms with Crippen LogP contribution in [0.25, 0.3) is 0 Å². The molecule has 0 aliphatic carbocycles. The molecule has 0 saturated carbocycles. The van der Waals surface area contributed by atoms with Gasteiger partial charge in [0.05, 0.1) is 11.7 Å². The molecule has 0 aromatic carbocycles. The number of H-pyrrole nitrogens is 1. The van der Waals surface area contributed by atoms with Gasteiger partial charge in [0.1, 0.15) is 5.69 Å². The number of esters is 2. The monoisotopic (exact) mass is 364 g/mol. The van der Waals surface area contributed by atoms with Crippen LogP contribution >= 0.6 is 0 Å². The topological polar surface area (TPSA) is 88.7 Å². The first kappa shape index (κ1) is 20.0. The number of rotatable bonds is 5. The molecule has 0 radical (unpaired) electrons. The first-order valence-corrected chi connectivity index (χ1v) is 9.09. The molecule has 1 fully saturated rings. The molecule has 2 rings (SSSR count). The second kappa shape index (κ2) is 8.38. The Kier molecular flexibility index (Phi) is 6.45. The molecule has 0 bridgehead atoms. The minimum atomic E-state index is -0.646. The minimum absolute atomic E-state index is 0.168. The average Bonchev–Trinajstić information content (AvgIpc) is 2.86. The Bertz CT molecular complexity index is 692. The van der Waals surface area contributed by atoms with Gasteiger partial charge in [0, 0.05) is 18.3 Å². The van der Waals surface area contributed by atoms with Crippen LogP contribution < -0.4 is 0 Å². The molecular formula is C19H28N2O5. The number of carbonyl (C=O) groups excluding carboxylic acids is 3. The van der Waals surface area contributed by atoms with Gasteiger partial charge < -0.3 is 19.4 Å². The lowest BCUT2D eigenvalue weighted by Gasteiger charge is -2.33. The standard InChI is InChI=1S/C19H28N2O5/c1-11(2)26-18(23)16-13(4)17(20-14(16)5)19(24)25-10-15(22)21-9-7-6-8-12(21)3/h11-12,20H,6-10H2,1-5H3/t12-/m0/s1. The Morgan fingerprint density at radius 1 is 1.19 bits per heavy atom. The zero-order valence-corrected chi connectivity index (χ0v) is 16.2. The minimum Gasteiger partial charge on any atom is -0.459 e. The fraction of sp³-hybridized carbons (Fsp3) is 0.632. The van der Waals surface area contributed by atoms with Gasteiger partial charge in [0.25, 0.3) is 5.91 Å². The quantitative estimate of drug-likeness (QED) is 0.812. The molecule has 1 aromatic rings. The third-order valence-electron chi connectivity index (χ3n) is 4.64. The first-order valence-electron chi connectivity index (χ1n) is 9.09. The third-order valence-corrected chi connectivity index (χ3v) is 4.64. The van der Waals surface area contributed by atoms with Gasteiger partial charge in [-0.2, -0.15) is 0 Å². The number of piperidine rings is 1. The molecule has 7 heteroatoms. The normalized spacial score (nSPS) is 17.3. The van der Waals surface area contributed by atoms with Gasteiger partial charge in [0.15, 0.2) is 6.61 Å². The van der Waals surface area contributed by atoms with Crippen molar-refractivity contribution in [3.05, 3.63) is 22.5 Å². The summed E-state index contributed by atoms with van der Waals surface area (Å²) in [5.41, 5.74) is 1.52. The molecule has 2 heterocycles. The second-order valence-corrected chi connectivity index (χ2v) is 7.09. The molecule has 7 nitrogen and oxygen atoms in total. The third kappa shape index (κ3) is 4.45. The van der Waals surface area contributed by atoms with E-state index in [0.717, 1.165) is 19.3 Å². The SMILES string of the molecule is Cc1[nH]c(C(=O)OCC(=O)N2CCCC[C@@H]2C)c(C)c1C(=O)OC(C)C. The number of nitrogens with one attached hydrogen (secondary N) is 1. The Hall–Kier alpha value is -2.31. The van der Waals surface area contributed by atoms with E-state index in [2.05, 4.69) is 4.98 Å². The largest absolute Gasteiger partial charge is 0.459 e. The molecule has 0 unspecified atom stereocenters. The van der Waals surface area contributed by atoms with Crippen molar-refractivity contribution in [1.29, 1.82) is 0 Å². The summed E-state index contributed by atoms with van der Waals surface area (Å²) in [7, 11) is 0. The summed E-state index contributed by atoms with van der Waals surface area (Å²) in [5.74, 6) is -1.32. The molecule has 1 aromatic heterocycles. The van der Waals surface area contributed by atoms with E-state index in [9.17, 15) is 14.4 Å². The van der Waals surface area contributed by atoms with E-state index < -0.39 is 11.9 Å². The average molecular weight is 364 g/mol. The van der Waals surface area contributed by atoms with Crippen LogP contribution in [0.1, 0.15) is 72.1 Å². The summed E-state index contributed by atoms with van der Waals surface area (Å²) < 4.78 is 10.4. The molecule has 1 atom stereocenters. The van der Waals surface area contributed by atoms with E-state index in [1.165, 1.54) is 0 Å². The van der Waals surface area contributed by atoms with Crippen molar-refractivity contribution in [1.82, 2.24) is 9.88 Å². The maximum absolute atomic E-state index is 12.4. The summed E-state index contributed by atoms with van der Waals surface area (Å²) >= 11 is 0. The summed E-state index contributed by atoms with van der Waals surface area (Å²) in [5, 5.41) is 0. The molecule has 144 valence electrons. The van der Waals surface area contributed by atoms with Crippen molar-refractivity contribution < 1.29 is 23.9 Å². The Labute approximate surface area is 154 Å². The van der Waals surface area contributed by atoms with Crippen LogP contribution in [0.2, 0.25) is 0 Å². The highest BCUT2D eigenvalue weighted by atomic mass is 16.5. The van der Waals surface area contributed by atoms with Crippen molar-refractivity contribution in [3.8, 4) is 0 Å². The number of nitrogens with zero attached hydrogens (tertiary/aromatic N) is 1. The molecule has 0 spiro atoms. The highest BCUT2D eigenvalue weighted by molar-refractivity contribution is 5.99. The summed E-state index contributed by atoms with van der Waals surface area (Å²) in [6.45, 7) is 9.28. The Balaban J connectivity index is 2.03. The first-order chi connectivity index (χ1) is 12.2. The van der Waals surface area contributed by atoms with Gasteiger partial charge in [-0.05, 0) is 59.4 Å². The summed E-state index contributed by atoms with van der Waals surface area (Å²) in [4.78, 5) is 41.5. The fourth-order valence-corrected chi connectivity index (χ4v) is 3.28. The lowest BCUT2D eigenvalue weighted by Crippen LogP contribution is -2.44. The van der Waals surface area contributed by atoms with E-state index in [4.69, 9.17) is 9.47 Å². The number of hydrogen-bond acceptors (Lipinski definition) is 5. The van der Waals surface area contributed by atoms with E-state index in [1.807, 2.05) is 6.92 Å². The van der Waals surface area contributed by atoms with Gasteiger partial charge >= 0.3 is 11.9 Å². The maximum atomic E-state index is 12.4. The zero-order valence-electron chi connectivity index (χ0n) is 16.2. The summed E-state index contributed by atoms with van der Waals surface area (Å²) in [6.07, 6.45) is 2.80. The van der Waals surface area contributed by atoms with Crippen LogP contribution in [0.5, 0.6) is 0 Å². The zero-order chi connectivity index (χ0) is 19.4. The lowest BCUT2D eigenvalue weighted by atomic mass is 10.0. The van der Waals surface area contributed by atoms with E-state index >= 15 is 0 Å². The van der Waals surface area contributed by atoms with E-state index in [1.54, 1.807) is 32.6 Å². The number of hydrogen-bond donors (Lipinski definition) is 1. The van der Waals surface area contributed by atoms with Gasteiger partial charge in [-0.25, -0.2) is 9.59 Å². The van der Waals surface area contributed by atoms with Gasteiger partial charge in [-0.15, -0.1) is 0 Å². The number of likely N-dealkylation sites (tertiary alicyclic amines) is 1. The predicted molar refractivity (Wildman–Crippen MR) is 96.1 cm³/mol. The highest BCUT2D eigenvalue weighted by Crippen LogP contribution is 2.21. The van der Waals surface area contributed by atoms with E-state index in [0.29, 0.717) is 23.4 Å². The van der Waals surface area contributed by atoms with Crippen molar-refractivity contribution in [2.24, 2.45) is 0 Å². The molecule has 1 amide bonds. The lowest BCUT2D eigenvalue weighted by molar-refractivity contribution is -0.137. The van der Waals surface area contributed by atoms with Crippen LogP contribution in [0.4, 0.5) is 0 Å². The summed E-state index contributed by atoms with van der Waals surface area (Å²) in [6, 6.07) is 0.168. The Morgan fingerprint density at radius 2 is 1.88 bits per heavy atom. The van der Waals surface area contributed by atoms with Crippen LogP contribution in [0.3, 0.4) is 0 Å². The number of amides is 1. The molecular weight excluding hydrogens is 336 g/mol. The van der Waals surface area contributed by atoms with Gasteiger partial charge in [0.2, 0.25) is 0 Å². The van der Waals surface area contributed by atoms with Crippen LogP contribution in [0.15, 0.2) is 0 Å². The Morgan fingerprint density at radius 3 is 2.50 bits per heavy atom. The van der Waals surface area contributed by atoms with Crippen LogP contribution in [-0.2, 0) is 14.3 Å². The van der Waals surface area contributed by atoms with Crippen LogP contribution in [0, 0.1) is 13.8 Å².